The van der Waals surface area contributed by atoms with Crippen molar-refractivity contribution in [2.24, 2.45) is 0 Å². The van der Waals surface area contributed by atoms with Crippen molar-refractivity contribution < 1.29 is 17.9 Å². The van der Waals surface area contributed by atoms with Gasteiger partial charge >= 0.3 is 0 Å². The van der Waals surface area contributed by atoms with E-state index in [0.29, 0.717) is 11.4 Å². The number of hydrogen-bond acceptors (Lipinski definition) is 4. The van der Waals surface area contributed by atoms with E-state index in [9.17, 15) is 13.2 Å². The number of carbonyl (C=O) groups excluding carboxylic acids is 1. The molecule has 0 fully saturated rings. The van der Waals surface area contributed by atoms with Crippen LogP contribution >= 0.6 is 0 Å². The molecule has 26 heavy (non-hydrogen) atoms. The predicted molar refractivity (Wildman–Crippen MR) is 103 cm³/mol. The molecule has 0 aliphatic rings. The zero-order chi connectivity index (χ0) is 19.0. The van der Waals surface area contributed by atoms with Gasteiger partial charge in [-0.2, -0.15) is 0 Å². The molecule has 6 nitrogen and oxygen atoms in total. The molecule has 0 unspecified atom stereocenters. The zero-order valence-electron chi connectivity index (χ0n) is 15.0. The van der Waals surface area contributed by atoms with Gasteiger partial charge in [-0.1, -0.05) is 36.4 Å². The lowest BCUT2D eigenvalue weighted by Crippen LogP contribution is -2.38. The van der Waals surface area contributed by atoms with E-state index in [4.69, 9.17) is 4.74 Å². The molecule has 1 amide bonds. The summed E-state index contributed by atoms with van der Waals surface area (Å²) >= 11 is 0. The summed E-state index contributed by atoms with van der Waals surface area (Å²) in [5.41, 5.74) is 1.48. The minimum Gasteiger partial charge on any atom is -0.493 e. The summed E-state index contributed by atoms with van der Waals surface area (Å²) in [5, 5.41) is 2.74. The van der Waals surface area contributed by atoms with Crippen molar-refractivity contribution in [1.29, 1.82) is 0 Å². The van der Waals surface area contributed by atoms with Crippen LogP contribution in [0.1, 0.15) is 12.0 Å². The number of sulfonamides is 1. The average molecular weight is 376 g/mol. The highest BCUT2D eigenvalue weighted by Crippen LogP contribution is 2.21. The van der Waals surface area contributed by atoms with Crippen molar-refractivity contribution in [3.05, 3.63) is 60.2 Å². The van der Waals surface area contributed by atoms with Crippen LogP contribution in [0.25, 0.3) is 0 Å². The van der Waals surface area contributed by atoms with E-state index in [2.05, 4.69) is 5.32 Å². The largest absolute Gasteiger partial charge is 0.493 e. The van der Waals surface area contributed by atoms with Gasteiger partial charge in [-0.05, 0) is 30.7 Å². The minimum atomic E-state index is -3.43. The van der Waals surface area contributed by atoms with E-state index in [1.807, 2.05) is 49.4 Å². The number of para-hydroxylation sites is 2. The Labute approximate surface area is 154 Å². The highest BCUT2D eigenvalue weighted by Gasteiger charge is 2.18. The third-order valence-electron chi connectivity index (χ3n) is 3.76. The molecule has 0 aromatic heterocycles. The second-order valence-corrected chi connectivity index (χ2v) is 7.79. The molecule has 0 aliphatic heterocycles. The van der Waals surface area contributed by atoms with Crippen molar-refractivity contribution in [3.8, 4) is 5.75 Å². The summed E-state index contributed by atoms with van der Waals surface area (Å²) < 4.78 is 30.9. The molecule has 2 aromatic carbocycles. The predicted octanol–water partition coefficient (Wildman–Crippen LogP) is 2.35. The molecular weight excluding hydrogens is 352 g/mol. The molecule has 0 atom stereocenters. The van der Waals surface area contributed by atoms with Gasteiger partial charge in [-0.3, -0.25) is 9.10 Å². The molecule has 0 aliphatic carbocycles. The number of rotatable bonds is 9. The van der Waals surface area contributed by atoms with Gasteiger partial charge < -0.3 is 10.1 Å². The number of carbonyl (C=O) groups is 1. The normalized spacial score (nSPS) is 11.0. The minimum absolute atomic E-state index is 0.176. The summed E-state index contributed by atoms with van der Waals surface area (Å²) in [6.07, 6.45) is 1.37. The highest BCUT2D eigenvalue weighted by atomic mass is 32.2. The van der Waals surface area contributed by atoms with Gasteiger partial charge in [0.15, 0.2) is 0 Å². The summed E-state index contributed by atoms with van der Waals surface area (Å²) in [6, 6.07) is 16.5. The molecular formula is C19H24N2O4S. The Kier molecular flexibility index (Phi) is 7.03. The van der Waals surface area contributed by atoms with Crippen LogP contribution in [-0.4, -0.2) is 40.3 Å². The number of hydrogen-bond donors (Lipinski definition) is 1. The first-order valence-corrected chi connectivity index (χ1v) is 10.2. The number of amides is 1. The highest BCUT2D eigenvalue weighted by molar-refractivity contribution is 7.92. The van der Waals surface area contributed by atoms with Crippen LogP contribution in [0, 0.1) is 6.92 Å². The van der Waals surface area contributed by atoms with Gasteiger partial charge in [-0.15, -0.1) is 0 Å². The monoisotopic (exact) mass is 376 g/mol. The maximum Gasteiger partial charge on any atom is 0.232 e. The number of nitrogens with zero attached hydrogens (tertiary/aromatic N) is 1. The fourth-order valence-corrected chi connectivity index (χ4v) is 3.46. The number of ether oxygens (including phenoxy) is 1. The molecule has 0 heterocycles. The lowest BCUT2D eigenvalue weighted by molar-refractivity contribution is -0.121. The fourth-order valence-electron chi connectivity index (χ4n) is 2.47. The Balaban J connectivity index is 1.82. The Bertz CT molecular complexity index is 822. The van der Waals surface area contributed by atoms with Crippen LogP contribution in [0.15, 0.2) is 54.6 Å². The first-order valence-electron chi connectivity index (χ1n) is 8.36. The maximum atomic E-state index is 12.1. The number of anilines is 1. The van der Waals surface area contributed by atoms with E-state index in [1.165, 1.54) is 4.31 Å². The van der Waals surface area contributed by atoms with Crippen molar-refractivity contribution in [1.82, 2.24) is 5.32 Å². The topological polar surface area (TPSA) is 75.7 Å². The lowest BCUT2D eigenvalue weighted by atomic mass is 10.2. The molecule has 2 rings (SSSR count). The Morgan fingerprint density at radius 3 is 2.38 bits per heavy atom. The van der Waals surface area contributed by atoms with Crippen molar-refractivity contribution in [2.75, 3.05) is 30.3 Å². The number of aryl methyl sites for hydroxylation is 1. The lowest BCUT2D eigenvalue weighted by Gasteiger charge is -2.24. The van der Waals surface area contributed by atoms with E-state index in [-0.39, 0.29) is 32.0 Å². The van der Waals surface area contributed by atoms with Crippen LogP contribution < -0.4 is 14.4 Å². The first-order chi connectivity index (χ1) is 12.4. The van der Waals surface area contributed by atoms with Crippen LogP contribution in [0.5, 0.6) is 5.75 Å². The SMILES string of the molecule is Cc1ccccc1N(CCNC(=O)CCOc1ccccc1)S(C)(=O)=O. The third-order valence-corrected chi connectivity index (χ3v) is 4.94. The Hall–Kier alpha value is -2.54. The van der Waals surface area contributed by atoms with Gasteiger partial charge in [0, 0.05) is 6.54 Å². The zero-order valence-corrected chi connectivity index (χ0v) is 15.8. The van der Waals surface area contributed by atoms with Gasteiger partial charge in [0.2, 0.25) is 15.9 Å². The molecule has 140 valence electrons. The standard InChI is InChI=1S/C19H24N2O4S/c1-16-8-6-7-11-18(16)21(26(2,23)24)14-13-20-19(22)12-15-25-17-9-4-3-5-10-17/h3-11H,12-15H2,1-2H3,(H,20,22). The molecule has 7 heteroatoms. The second kappa shape index (κ2) is 9.24. The first kappa shape index (κ1) is 19.8. The van der Waals surface area contributed by atoms with Gasteiger partial charge in [0.1, 0.15) is 5.75 Å². The number of benzene rings is 2. The molecule has 0 saturated heterocycles. The van der Waals surface area contributed by atoms with Crippen LogP contribution in [0.4, 0.5) is 5.69 Å². The van der Waals surface area contributed by atoms with E-state index in [0.717, 1.165) is 11.8 Å². The maximum absolute atomic E-state index is 12.1. The molecule has 0 saturated carbocycles. The second-order valence-electron chi connectivity index (χ2n) is 5.88. The van der Waals surface area contributed by atoms with Crippen molar-refractivity contribution in [2.45, 2.75) is 13.3 Å². The van der Waals surface area contributed by atoms with E-state index >= 15 is 0 Å². The molecule has 1 N–H and O–H groups in total. The van der Waals surface area contributed by atoms with Gasteiger partial charge in [0.05, 0.1) is 31.5 Å². The summed E-state index contributed by atoms with van der Waals surface area (Å²) in [5.74, 6) is 0.530. The Morgan fingerprint density at radius 2 is 1.73 bits per heavy atom. The van der Waals surface area contributed by atoms with Crippen molar-refractivity contribution in [3.63, 3.8) is 0 Å². The van der Waals surface area contributed by atoms with Crippen LogP contribution in [0.2, 0.25) is 0 Å². The van der Waals surface area contributed by atoms with E-state index < -0.39 is 10.0 Å². The summed E-state index contributed by atoms with van der Waals surface area (Å²) in [7, 11) is -3.43. The summed E-state index contributed by atoms with van der Waals surface area (Å²) in [6.45, 7) is 2.52. The quantitative estimate of drug-likeness (QED) is 0.729. The average Bonchev–Trinajstić information content (AvgIpc) is 2.60. The molecule has 2 aromatic rings. The van der Waals surface area contributed by atoms with Gasteiger partial charge in [-0.25, -0.2) is 8.42 Å². The number of nitrogens with one attached hydrogen (secondary N) is 1. The van der Waals surface area contributed by atoms with Crippen LogP contribution in [0.3, 0.4) is 0 Å². The van der Waals surface area contributed by atoms with Gasteiger partial charge in [0.25, 0.3) is 0 Å². The smallest absolute Gasteiger partial charge is 0.232 e. The summed E-state index contributed by atoms with van der Waals surface area (Å²) in [4.78, 5) is 11.9. The van der Waals surface area contributed by atoms with E-state index in [1.54, 1.807) is 12.1 Å². The van der Waals surface area contributed by atoms with Crippen molar-refractivity contribution >= 4 is 21.6 Å². The third kappa shape index (κ3) is 6.07. The Morgan fingerprint density at radius 1 is 1.08 bits per heavy atom. The molecule has 0 spiro atoms. The molecule has 0 radical (unpaired) electrons. The fraction of sp³-hybridized carbons (Fsp3) is 0.316. The molecule has 0 bridgehead atoms. The van der Waals surface area contributed by atoms with Crippen LogP contribution in [-0.2, 0) is 14.8 Å².